The van der Waals surface area contributed by atoms with Gasteiger partial charge in [-0.1, -0.05) is 37.3 Å². The summed E-state index contributed by atoms with van der Waals surface area (Å²) in [7, 11) is 0. The lowest BCUT2D eigenvalue weighted by Crippen LogP contribution is -2.10. The summed E-state index contributed by atoms with van der Waals surface area (Å²) >= 11 is 0. The third kappa shape index (κ3) is 4.00. The molecule has 0 radical (unpaired) electrons. The van der Waals surface area contributed by atoms with Crippen molar-refractivity contribution in [1.82, 2.24) is 0 Å². The minimum Gasteiger partial charge on any atom is -0.490 e. The third-order valence-corrected chi connectivity index (χ3v) is 3.04. The van der Waals surface area contributed by atoms with E-state index in [0.717, 1.165) is 23.5 Å². The summed E-state index contributed by atoms with van der Waals surface area (Å²) in [6, 6.07) is 15.5. The minimum absolute atomic E-state index is 0.0254. The van der Waals surface area contributed by atoms with Crippen molar-refractivity contribution in [3.8, 4) is 11.5 Å². The first-order chi connectivity index (χ1) is 9.83. The maximum atomic E-state index is 9.06. The Morgan fingerprint density at radius 3 is 2.55 bits per heavy atom. The van der Waals surface area contributed by atoms with E-state index >= 15 is 0 Å². The van der Waals surface area contributed by atoms with Crippen LogP contribution in [0.3, 0.4) is 0 Å². The van der Waals surface area contributed by atoms with Crippen LogP contribution in [0, 0.1) is 0 Å². The highest BCUT2D eigenvalue weighted by molar-refractivity contribution is 5.33. The predicted molar refractivity (Wildman–Crippen MR) is 79.2 cm³/mol. The molecule has 0 aliphatic heterocycles. The number of hydrogen-bond donors (Lipinski definition) is 1. The van der Waals surface area contributed by atoms with Crippen molar-refractivity contribution in [3.05, 3.63) is 59.7 Å². The maximum Gasteiger partial charge on any atom is 0.122 e. The van der Waals surface area contributed by atoms with Gasteiger partial charge in [0, 0.05) is 0 Å². The van der Waals surface area contributed by atoms with E-state index in [0.29, 0.717) is 13.2 Å². The largest absolute Gasteiger partial charge is 0.490 e. The van der Waals surface area contributed by atoms with Gasteiger partial charge in [0.15, 0.2) is 0 Å². The number of para-hydroxylation sites is 1. The van der Waals surface area contributed by atoms with Gasteiger partial charge in [-0.15, -0.1) is 0 Å². The van der Waals surface area contributed by atoms with Gasteiger partial charge in [0.25, 0.3) is 0 Å². The molecule has 0 amide bonds. The van der Waals surface area contributed by atoms with E-state index in [9.17, 15) is 0 Å². The van der Waals surface area contributed by atoms with Crippen LogP contribution in [0.1, 0.15) is 18.1 Å². The van der Waals surface area contributed by atoms with E-state index in [1.807, 2.05) is 42.5 Å². The fraction of sp³-hybridized carbons (Fsp3) is 0.294. The van der Waals surface area contributed by atoms with E-state index in [1.165, 1.54) is 5.56 Å². The molecular weight excluding hydrogens is 252 g/mol. The molecule has 2 aromatic rings. The van der Waals surface area contributed by atoms with Gasteiger partial charge in [-0.05, 0) is 35.7 Å². The van der Waals surface area contributed by atoms with Crippen LogP contribution < -0.4 is 9.47 Å². The van der Waals surface area contributed by atoms with Crippen molar-refractivity contribution in [1.29, 1.82) is 0 Å². The van der Waals surface area contributed by atoms with Crippen LogP contribution in [0.4, 0.5) is 0 Å². The first-order valence-corrected chi connectivity index (χ1v) is 6.86. The molecule has 106 valence electrons. The van der Waals surface area contributed by atoms with Crippen molar-refractivity contribution in [2.75, 3.05) is 13.2 Å². The molecule has 0 saturated heterocycles. The van der Waals surface area contributed by atoms with Gasteiger partial charge in [0.1, 0.15) is 24.7 Å². The highest BCUT2D eigenvalue weighted by Crippen LogP contribution is 2.18. The van der Waals surface area contributed by atoms with Crippen molar-refractivity contribution in [2.24, 2.45) is 0 Å². The molecule has 0 saturated carbocycles. The van der Waals surface area contributed by atoms with Crippen LogP contribution in [-0.4, -0.2) is 18.3 Å². The molecule has 0 aromatic heterocycles. The Hall–Kier alpha value is -2.00. The number of aryl methyl sites for hydroxylation is 1. The second kappa shape index (κ2) is 7.56. The molecule has 0 bridgehead atoms. The molecule has 20 heavy (non-hydrogen) atoms. The maximum absolute atomic E-state index is 9.06. The monoisotopic (exact) mass is 272 g/mol. The Morgan fingerprint density at radius 2 is 1.75 bits per heavy atom. The minimum atomic E-state index is 0.0254. The van der Waals surface area contributed by atoms with Gasteiger partial charge >= 0.3 is 0 Å². The second-order valence-electron chi connectivity index (χ2n) is 4.46. The summed E-state index contributed by atoms with van der Waals surface area (Å²) in [5.74, 6) is 1.67. The average Bonchev–Trinajstić information content (AvgIpc) is 2.52. The second-order valence-corrected chi connectivity index (χ2v) is 4.46. The van der Waals surface area contributed by atoms with Gasteiger partial charge < -0.3 is 14.6 Å². The number of benzene rings is 2. The Labute approximate surface area is 119 Å². The van der Waals surface area contributed by atoms with E-state index < -0.39 is 0 Å². The molecule has 0 spiro atoms. The Bertz CT molecular complexity index is 537. The number of aliphatic hydroxyl groups is 1. The molecule has 0 aliphatic carbocycles. The summed E-state index contributed by atoms with van der Waals surface area (Å²) in [6.45, 7) is 3.12. The lowest BCUT2D eigenvalue weighted by molar-refractivity contribution is 0.215. The molecule has 0 fully saturated rings. The zero-order valence-electron chi connectivity index (χ0n) is 11.7. The SMILES string of the molecule is CCc1ccccc1OCCOc1cccc(CO)c1. The van der Waals surface area contributed by atoms with Gasteiger partial charge in [0.2, 0.25) is 0 Å². The molecule has 2 aromatic carbocycles. The molecule has 0 unspecified atom stereocenters. The molecule has 2 rings (SSSR count). The average molecular weight is 272 g/mol. The Balaban J connectivity index is 1.81. The number of aliphatic hydroxyl groups excluding tert-OH is 1. The summed E-state index contributed by atoms with van der Waals surface area (Å²) in [4.78, 5) is 0. The molecule has 3 nitrogen and oxygen atoms in total. The molecule has 0 atom stereocenters. The summed E-state index contributed by atoms with van der Waals surface area (Å²) in [5, 5.41) is 9.06. The lowest BCUT2D eigenvalue weighted by atomic mass is 10.1. The van der Waals surface area contributed by atoms with Crippen molar-refractivity contribution in [2.45, 2.75) is 20.0 Å². The van der Waals surface area contributed by atoms with Crippen LogP contribution in [0.25, 0.3) is 0 Å². The topological polar surface area (TPSA) is 38.7 Å². The smallest absolute Gasteiger partial charge is 0.122 e. The first kappa shape index (κ1) is 14.4. The van der Waals surface area contributed by atoms with E-state index in [4.69, 9.17) is 14.6 Å². The number of hydrogen-bond acceptors (Lipinski definition) is 3. The number of rotatable bonds is 7. The summed E-state index contributed by atoms with van der Waals surface area (Å²) < 4.78 is 11.3. The summed E-state index contributed by atoms with van der Waals surface area (Å²) in [5.41, 5.74) is 2.05. The van der Waals surface area contributed by atoms with Gasteiger partial charge in [0.05, 0.1) is 6.61 Å². The molecule has 0 heterocycles. The predicted octanol–water partition coefficient (Wildman–Crippen LogP) is 3.20. The number of ether oxygens (including phenoxy) is 2. The zero-order valence-corrected chi connectivity index (χ0v) is 11.7. The third-order valence-electron chi connectivity index (χ3n) is 3.04. The van der Waals surface area contributed by atoms with Crippen molar-refractivity contribution in [3.63, 3.8) is 0 Å². The van der Waals surface area contributed by atoms with Gasteiger partial charge in [-0.25, -0.2) is 0 Å². The zero-order chi connectivity index (χ0) is 14.2. The van der Waals surface area contributed by atoms with Crippen LogP contribution in [0.5, 0.6) is 11.5 Å². The fourth-order valence-electron chi connectivity index (χ4n) is 1.98. The fourth-order valence-corrected chi connectivity index (χ4v) is 1.98. The highest BCUT2D eigenvalue weighted by Gasteiger charge is 2.01. The van der Waals surface area contributed by atoms with Gasteiger partial charge in [-0.3, -0.25) is 0 Å². The van der Waals surface area contributed by atoms with Crippen LogP contribution in [0.15, 0.2) is 48.5 Å². The van der Waals surface area contributed by atoms with E-state index in [2.05, 4.69) is 13.0 Å². The Kier molecular flexibility index (Phi) is 5.44. The van der Waals surface area contributed by atoms with Gasteiger partial charge in [-0.2, -0.15) is 0 Å². The first-order valence-electron chi connectivity index (χ1n) is 6.86. The van der Waals surface area contributed by atoms with Crippen LogP contribution in [0.2, 0.25) is 0 Å². The summed E-state index contributed by atoms with van der Waals surface area (Å²) in [6.07, 6.45) is 0.954. The highest BCUT2D eigenvalue weighted by atomic mass is 16.5. The van der Waals surface area contributed by atoms with Crippen LogP contribution >= 0.6 is 0 Å². The molecule has 3 heteroatoms. The Morgan fingerprint density at radius 1 is 0.950 bits per heavy atom. The lowest BCUT2D eigenvalue weighted by Gasteiger charge is -2.11. The molecule has 1 N–H and O–H groups in total. The van der Waals surface area contributed by atoms with E-state index in [1.54, 1.807) is 0 Å². The quantitative estimate of drug-likeness (QED) is 0.787. The normalized spacial score (nSPS) is 10.3. The molecule has 0 aliphatic rings. The van der Waals surface area contributed by atoms with Crippen molar-refractivity contribution >= 4 is 0 Å². The van der Waals surface area contributed by atoms with Crippen LogP contribution in [-0.2, 0) is 13.0 Å². The van der Waals surface area contributed by atoms with E-state index in [-0.39, 0.29) is 6.61 Å². The molecular formula is C17H20O3. The standard InChI is InChI=1S/C17H20O3/c1-2-15-7-3-4-9-17(15)20-11-10-19-16-8-5-6-14(12-16)13-18/h3-9,12,18H,2,10-11,13H2,1H3. The van der Waals surface area contributed by atoms with Crippen molar-refractivity contribution < 1.29 is 14.6 Å².